The van der Waals surface area contributed by atoms with Gasteiger partial charge in [-0.1, -0.05) is 0 Å². The highest BCUT2D eigenvalue weighted by molar-refractivity contribution is 9.10. The van der Waals surface area contributed by atoms with Gasteiger partial charge in [-0.3, -0.25) is 4.79 Å². The summed E-state index contributed by atoms with van der Waals surface area (Å²) in [6.07, 6.45) is 2.33. The van der Waals surface area contributed by atoms with E-state index in [1.165, 1.54) is 12.8 Å². The van der Waals surface area contributed by atoms with Gasteiger partial charge in [-0.2, -0.15) is 0 Å². The second kappa shape index (κ2) is 6.59. The number of nitrogen functional groups attached to an aromatic ring is 1. The van der Waals surface area contributed by atoms with Crippen molar-refractivity contribution in [3.05, 3.63) is 28.2 Å². The molecule has 0 spiro atoms. The van der Waals surface area contributed by atoms with Crippen molar-refractivity contribution < 1.29 is 4.79 Å². The molecule has 0 atom stereocenters. The Bertz CT molecular complexity index is 484. The van der Waals surface area contributed by atoms with E-state index in [4.69, 9.17) is 5.73 Å². The molecule has 1 saturated heterocycles. The van der Waals surface area contributed by atoms with Crippen molar-refractivity contribution in [1.29, 1.82) is 0 Å². The lowest BCUT2D eigenvalue weighted by Gasteiger charge is -2.31. The molecule has 0 saturated carbocycles. The molecule has 110 valence electrons. The summed E-state index contributed by atoms with van der Waals surface area (Å²) in [6, 6.07) is 5.34. The monoisotopic (exact) mass is 339 g/mol. The van der Waals surface area contributed by atoms with Crippen LogP contribution < -0.4 is 5.73 Å². The van der Waals surface area contributed by atoms with Crippen molar-refractivity contribution in [1.82, 2.24) is 9.80 Å². The molecule has 4 nitrogen and oxygen atoms in total. The van der Waals surface area contributed by atoms with E-state index in [1.807, 2.05) is 11.9 Å². The van der Waals surface area contributed by atoms with E-state index in [0.29, 0.717) is 17.2 Å². The van der Waals surface area contributed by atoms with Crippen LogP contribution >= 0.6 is 15.9 Å². The average Bonchev–Trinajstić information content (AvgIpc) is 2.43. The number of hydrogen-bond acceptors (Lipinski definition) is 3. The molecule has 0 aliphatic carbocycles. The van der Waals surface area contributed by atoms with Crippen molar-refractivity contribution in [2.45, 2.75) is 12.8 Å². The number of carbonyl (C=O) groups is 1. The number of nitrogens with two attached hydrogens (primary N) is 1. The molecule has 20 heavy (non-hydrogen) atoms. The Morgan fingerprint density at radius 1 is 1.45 bits per heavy atom. The van der Waals surface area contributed by atoms with Gasteiger partial charge in [-0.05, 0) is 73.0 Å². The Balaban J connectivity index is 1.96. The van der Waals surface area contributed by atoms with Gasteiger partial charge in [0.25, 0.3) is 5.91 Å². The SMILES string of the molecule is CN1CCC(CN(C)C(=O)c2ccc(N)c(Br)c2)CC1. The van der Waals surface area contributed by atoms with Crippen LogP contribution in [-0.2, 0) is 0 Å². The lowest BCUT2D eigenvalue weighted by molar-refractivity contribution is 0.0747. The molecule has 2 N–H and O–H groups in total. The lowest BCUT2D eigenvalue weighted by atomic mass is 9.96. The zero-order valence-corrected chi connectivity index (χ0v) is 13.7. The van der Waals surface area contributed by atoms with Gasteiger partial charge in [0.2, 0.25) is 0 Å². The van der Waals surface area contributed by atoms with Crippen LogP contribution in [0.25, 0.3) is 0 Å². The molecule has 0 unspecified atom stereocenters. The fourth-order valence-electron chi connectivity index (χ4n) is 2.60. The maximum absolute atomic E-state index is 12.4. The van der Waals surface area contributed by atoms with Gasteiger partial charge >= 0.3 is 0 Å². The third-order valence-electron chi connectivity index (χ3n) is 3.96. The number of nitrogens with zero attached hydrogens (tertiary/aromatic N) is 2. The molecule has 1 fully saturated rings. The van der Waals surface area contributed by atoms with E-state index in [9.17, 15) is 4.79 Å². The molecule has 2 rings (SSSR count). The summed E-state index contributed by atoms with van der Waals surface area (Å²) >= 11 is 3.37. The number of likely N-dealkylation sites (tertiary alicyclic amines) is 1. The van der Waals surface area contributed by atoms with Gasteiger partial charge in [0, 0.05) is 29.3 Å². The number of piperidine rings is 1. The van der Waals surface area contributed by atoms with Crippen molar-refractivity contribution in [2.75, 3.05) is 39.5 Å². The van der Waals surface area contributed by atoms with Crippen LogP contribution in [0.1, 0.15) is 23.2 Å². The fourth-order valence-corrected chi connectivity index (χ4v) is 2.97. The van der Waals surface area contributed by atoms with Crippen LogP contribution in [0.2, 0.25) is 0 Å². The minimum atomic E-state index is 0.0598. The van der Waals surface area contributed by atoms with Gasteiger partial charge in [0.15, 0.2) is 0 Å². The number of amides is 1. The van der Waals surface area contributed by atoms with Crippen molar-refractivity contribution in [3.8, 4) is 0 Å². The quantitative estimate of drug-likeness (QED) is 0.860. The largest absolute Gasteiger partial charge is 0.398 e. The van der Waals surface area contributed by atoms with E-state index >= 15 is 0 Å². The second-order valence-corrected chi connectivity index (χ2v) is 6.52. The van der Waals surface area contributed by atoms with E-state index < -0.39 is 0 Å². The minimum Gasteiger partial charge on any atom is -0.398 e. The van der Waals surface area contributed by atoms with E-state index in [1.54, 1.807) is 18.2 Å². The Morgan fingerprint density at radius 3 is 2.70 bits per heavy atom. The van der Waals surface area contributed by atoms with Crippen LogP contribution in [0.15, 0.2) is 22.7 Å². The Hall–Kier alpha value is -1.07. The molecule has 0 radical (unpaired) electrons. The topological polar surface area (TPSA) is 49.6 Å². The molecule has 0 bridgehead atoms. The van der Waals surface area contributed by atoms with Crippen LogP contribution in [0.4, 0.5) is 5.69 Å². The zero-order chi connectivity index (χ0) is 14.7. The first kappa shape index (κ1) is 15.3. The summed E-state index contributed by atoms with van der Waals surface area (Å²) in [5.74, 6) is 0.669. The van der Waals surface area contributed by atoms with Gasteiger partial charge < -0.3 is 15.5 Å². The number of hydrogen-bond donors (Lipinski definition) is 1. The van der Waals surface area contributed by atoms with E-state index in [-0.39, 0.29) is 5.91 Å². The summed E-state index contributed by atoms with van der Waals surface area (Å²) in [5.41, 5.74) is 7.09. The summed E-state index contributed by atoms with van der Waals surface area (Å²) in [5, 5.41) is 0. The Kier molecular flexibility index (Phi) is 5.05. The number of benzene rings is 1. The van der Waals surface area contributed by atoms with E-state index in [0.717, 1.165) is 24.1 Å². The highest BCUT2D eigenvalue weighted by Gasteiger charge is 2.21. The van der Waals surface area contributed by atoms with Crippen molar-refractivity contribution in [3.63, 3.8) is 0 Å². The molecular weight excluding hydrogens is 318 g/mol. The van der Waals surface area contributed by atoms with E-state index in [2.05, 4.69) is 27.9 Å². The van der Waals surface area contributed by atoms with Crippen molar-refractivity contribution in [2.24, 2.45) is 5.92 Å². The molecule has 1 aliphatic rings. The lowest BCUT2D eigenvalue weighted by Crippen LogP contribution is -2.37. The fraction of sp³-hybridized carbons (Fsp3) is 0.533. The number of carbonyl (C=O) groups excluding carboxylic acids is 1. The molecule has 1 amide bonds. The number of rotatable bonds is 3. The highest BCUT2D eigenvalue weighted by Crippen LogP contribution is 2.22. The number of anilines is 1. The molecule has 1 heterocycles. The predicted octanol–water partition coefficient (Wildman–Crippen LogP) is 2.45. The average molecular weight is 340 g/mol. The molecule has 1 aromatic carbocycles. The second-order valence-electron chi connectivity index (χ2n) is 5.67. The molecule has 5 heteroatoms. The maximum Gasteiger partial charge on any atom is 0.253 e. The summed E-state index contributed by atoms with van der Waals surface area (Å²) in [4.78, 5) is 16.6. The standard InChI is InChI=1S/C15H22BrN3O/c1-18-7-5-11(6-8-18)10-19(2)15(20)12-3-4-14(17)13(16)9-12/h3-4,9,11H,5-8,10,17H2,1-2H3. The number of halogens is 1. The molecular formula is C15H22BrN3O. The first-order valence-electron chi connectivity index (χ1n) is 6.96. The normalized spacial score (nSPS) is 17.1. The summed E-state index contributed by atoms with van der Waals surface area (Å²) in [7, 11) is 4.03. The highest BCUT2D eigenvalue weighted by atomic mass is 79.9. The minimum absolute atomic E-state index is 0.0598. The summed E-state index contributed by atoms with van der Waals surface area (Å²) < 4.78 is 0.774. The van der Waals surface area contributed by atoms with Crippen molar-refractivity contribution >= 4 is 27.5 Å². The third-order valence-corrected chi connectivity index (χ3v) is 4.65. The Labute approximate surface area is 129 Å². The third kappa shape index (κ3) is 3.73. The van der Waals surface area contributed by atoms with Crippen LogP contribution in [0.5, 0.6) is 0 Å². The zero-order valence-electron chi connectivity index (χ0n) is 12.1. The predicted molar refractivity (Wildman–Crippen MR) is 85.7 cm³/mol. The first-order valence-corrected chi connectivity index (χ1v) is 7.75. The smallest absolute Gasteiger partial charge is 0.253 e. The van der Waals surface area contributed by atoms with Gasteiger partial charge in [-0.15, -0.1) is 0 Å². The summed E-state index contributed by atoms with van der Waals surface area (Å²) in [6.45, 7) is 3.08. The first-order chi connectivity index (χ1) is 9.47. The van der Waals surface area contributed by atoms with Crippen LogP contribution in [0.3, 0.4) is 0 Å². The molecule has 1 aliphatic heterocycles. The van der Waals surface area contributed by atoms with Crippen LogP contribution in [0, 0.1) is 5.92 Å². The van der Waals surface area contributed by atoms with Gasteiger partial charge in [0.05, 0.1) is 0 Å². The maximum atomic E-state index is 12.4. The van der Waals surface area contributed by atoms with Crippen LogP contribution in [-0.4, -0.2) is 49.4 Å². The molecule has 0 aromatic heterocycles. The Morgan fingerprint density at radius 2 is 2.10 bits per heavy atom. The molecule has 1 aromatic rings. The van der Waals surface area contributed by atoms with Gasteiger partial charge in [0.1, 0.15) is 0 Å². The van der Waals surface area contributed by atoms with Gasteiger partial charge in [-0.25, -0.2) is 0 Å².